The Morgan fingerprint density at radius 2 is 2.00 bits per heavy atom. The van der Waals surface area contributed by atoms with Gasteiger partial charge in [-0.1, -0.05) is 43.8 Å². The highest BCUT2D eigenvalue weighted by atomic mass is 16.5. The van der Waals surface area contributed by atoms with E-state index in [-0.39, 0.29) is 25.2 Å². The van der Waals surface area contributed by atoms with Gasteiger partial charge in [-0.05, 0) is 44.0 Å². The van der Waals surface area contributed by atoms with E-state index in [0.29, 0.717) is 12.1 Å². The Morgan fingerprint density at radius 1 is 1.23 bits per heavy atom. The molecule has 1 unspecified atom stereocenters. The number of carbonyl (C=O) groups is 1. The predicted molar refractivity (Wildman–Crippen MR) is 154 cm³/mol. The van der Waals surface area contributed by atoms with Crippen molar-refractivity contribution in [2.24, 2.45) is 4.99 Å². The van der Waals surface area contributed by atoms with E-state index >= 15 is 0 Å². The fourth-order valence-corrected chi connectivity index (χ4v) is 4.71. The first-order chi connectivity index (χ1) is 18.9. The third-order valence-corrected chi connectivity index (χ3v) is 6.89. The van der Waals surface area contributed by atoms with Crippen molar-refractivity contribution >= 4 is 17.6 Å². The second kappa shape index (κ2) is 12.7. The first-order valence-electron chi connectivity index (χ1n) is 13.3. The quantitative estimate of drug-likeness (QED) is 0.255. The number of rotatable bonds is 11. The van der Waals surface area contributed by atoms with Crippen LogP contribution in [0.1, 0.15) is 44.4 Å². The summed E-state index contributed by atoms with van der Waals surface area (Å²) in [5, 5.41) is 17.2. The Hall–Kier alpha value is -3.95. The summed E-state index contributed by atoms with van der Waals surface area (Å²) in [6.07, 6.45) is 4.14. The van der Waals surface area contributed by atoms with Gasteiger partial charge in [0, 0.05) is 36.1 Å². The van der Waals surface area contributed by atoms with Gasteiger partial charge in [-0.25, -0.2) is 4.79 Å². The van der Waals surface area contributed by atoms with E-state index < -0.39 is 12.3 Å². The van der Waals surface area contributed by atoms with E-state index in [2.05, 4.69) is 82.0 Å². The SMILES string of the molecule is C=C(CNC1NC(=NCc2ccc(-c3ccccn3)cc2)c2ccn(C(C)C)c2N1[C@H](CC)CO)C(=O)OC. The molecule has 0 aliphatic carbocycles. The number of carbonyl (C=O) groups excluding carboxylic acids is 1. The molecule has 4 rings (SSSR count). The lowest BCUT2D eigenvalue weighted by Gasteiger charge is -2.44. The van der Waals surface area contributed by atoms with Crippen LogP contribution in [0.2, 0.25) is 0 Å². The molecule has 0 radical (unpaired) electrons. The van der Waals surface area contributed by atoms with Gasteiger partial charge in [-0.2, -0.15) is 0 Å². The number of methoxy groups -OCH3 is 1. The molecule has 3 aromatic rings. The average molecular weight is 531 g/mol. The van der Waals surface area contributed by atoms with Crippen molar-refractivity contribution in [1.82, 2.24) is 20.2 Å². The second-order valence-electron chi connectivity index (χ2n) is 9.81. The Bertz CT molecular complexity index is 1300. The summed E-state index contributed by atoms with van der Waals surface area (Å²) in [5.74, 6) is 1.24. The molecule has 0 spiro atoms. The normalized spacial score (nSPS) is 16.6. The van der Waals surface area contributed by atoms with Crippen molar-refractivity contribution in [2.75, 3.05) is 25.2 Å². The van der Waals surface area contributed by atoms with Gasteiger partial charge in [0.15, 0.2) is 6.29 Å². The number of pyridine rings is 1. The topological polar surface area (TPSA) is 104 Å². The number of ether oxygens (including phenoxy) is 1. The smallest absolute Gasteiger partial charge is 0.334 e. The highest BCUT2D eigenvalue weighted by Gasteiger charge is 2.36. The third kappa shape index (κ3) is 6.21. The van der Waals surface area contributed by atoms with E-state index in [1.165, 1.54) is 7.11 Å². The highest BCUT2D eigenvalue weighted by molar-refractivity contribution is 6.05. The lowest BCUT2D eigenvalue weighted by Crippen LogP contribution is -2.64. The van der Waals surface area contributed by atoms with Crippen molar-refractivity contribution in [1.29, 1.82) is 0 Å². The Labute approximate surface area is 230 Å². The minimum absolute atomic E-state index is 0.0217. The number of aliphatic hydroxyl groups is 1. The van der Waals surface area contributed by atoms with Crippen molar-refractivity contribution < 1.29 is 14.6 Å². The molecule has 3 N–H and O–H groups in total. The molecular weight excluding hydrogens is 492 g/mol. The molecule has 0 saturated carbocycles. The standard InChI is InChI=1S/C30H38N6O3/c1-6-24(19-37)36-28-25(14-16-35(28)20(2)3)27(34-30(36)33-17-21(4)29(38)39-5)32-18-22-10-12-23(13-11-22)26-9-7-8-15-31-26/h7-16,20,24,30,33,37H,4,6,17-19H2,1-3,5H3,(H,32,34)/t24-,30?/m1/s1. The van der Waals surface area contributed by atoms with Gasteiger partial charge in [0.1, 0.15) is 11.7 Å². The maximum absolute atomic E-state index is 12.0. The van der Waals surface area contributed by atoms with Crippen LogP contribution in [0.5, 0.6) is 0 Å². The van der Waals surface area contributed by atoms with Crippen LogP contribution >= 0.6 is 0 Å². The molecule has 2 atom stereocenters. The lowest BCUT2D eigenvalue weighted by atomic mass is 10.1. The summed E-state index contributed by atoms with van der Waals surface area (Å²) in [6.45, 7) is 10.8. The Morgan fingerprint density at radius 3 is 2.62 bits per heavy atom. The molecule has 0 fully saturated rings. The molecule has 1 aliphatic rings. The molecule has 1 aromatic carbocycles. The van der Waals surface area contributed by atoms with Crippen LogP contribution in [0, 0.1) is 0 Å². The molecule has 2 aromatic heterocycles. The minimum Gasteiger partial charge on any atom is -0.466 e. The van der Waals surface area contributed by atoms with Gasteiger partial charge in [-0.15, -0.1) is 0 Å². The van der Waals surface area contributed by atoms with Crippen LogP contribution in [0.15, 0.2) is 78.1 Å². The molecule has 0 bridgehead atoms. The number of esters is 1. The fraction of sp³-hybridized carbons (Fsp3) is 0.367. The summed E-state index contributed by atoms with van der Waals surface area (Å²) in [6, 6.07) is 16.2. The zero-order chi connectivity index (χ0) is 27.9. The number of nitrogens with one attached hydrogen (secondary N) is 2. The number of hydrogen-bond acceptors (Lipinski definition) is 7. The highest BCUT2D eigenvalue weighted by Crippen LogP contribution is 2.33. The molecule has 3 heterocycles. The van der Waals surface area contributed by atoms with Gasteiger partial charge in [0.25, 0.3) is 0 Å². The molecule has 39 heavy (non-hydrogen) atoms. The van der Waals surface area contributed by atoms with Crippen molar-refractivity contribution in [3.63, 3.8) is 0 Å². The van der Waals surface area contributed by atoms with Crippen LogP contribution < -0.4 is 15.5 Å². The number of anilines is 1. The van der Waals surface area contributed by atoms with Crippen LogP contribution in [-0.2, 0) is 16.1 Å². The van der Waals surface area contributed by atoms with Crippen LogP contribution in [-0.4, -0.2) is 59.1 Å². The number of fused-ring (bicyclic) bond motifs is 1. The Kier molecular flexibility index (Phi) is 9.16. The van der Waals surface area contributed by atoms with E-state index in [1.807, 2.05) is 25.1 Å². The van der Waals surface area contributed by atoms with Crippen LogP contribution in [0.25, 0.3) is 11.3 Å². The molecule has 1 aliphatic heterocycles. The van der Waals surface area contributed by atoms with E-state index in [1.54, 1.807) is 6.20 Å². The summed E-state index contributed by atoms with van der Waals surface area (Å²) in [7, 11) is 1.34. The van der Waals surface area contributed by atoms with Gasteiger partial charge < -0.3 is 24.6 Å². The van der Waals surface area contributed by atoms with E-state index in [4.69, 9.17) is 9.73 Å². The molecule has 0 amide bonds. The molecule has 0 saturated heterocycles. The number of aromatic nitrogens is 2. The predicted octanol–water partition coefficient (Wildman–Crippen LogP) is 3.86. The Balaban J connectivity index is 1.66. The minimum atomic E-state index is -0.464. The molecular formula is C30H38N6O3. The second-order valence-corrected chi connectivity index (χ2v) is 9.81. The number of aliphatic hydroxyl groups excluding tert-OH is 1. The van der Waals surface area contributed by atoms with Gasteiger partial charge >= 0.3 is 5.97 Å². The number of aliphatic imine (C=N–C) groups is 1. The van der Waals surface area contributed by atoms with Crippen LogP contribution in [0.3, 0.4) is 0 Å². The third-order valence-electron chi connectivity index (χ3n) is 6.89. The monoisotopic (exact) mass is 530 g/mol. The van der Waals surface area contributed by atoms with Gasteiger partial charge in [-0.3, -0.25) is 15.3 Å². The largest absolute Gasteiger partial charge is 0.466 e. The van der Waals surface area contributed by atoms with Crippen molar-refractivity contribution in [2.45, 2.75) is 52.1 Å². The zero-order valence-electron chi connectivity index (χ0n) is 23.1. The summed E-state index contributed by atoms with van der Waals surface area (Å²) >= 11 is 0. The average Bonchev–Trinajstić information content (AvgIpc) is 3.42. The lowest BCUT2D eigenvalue weighted by molar-refractivity contribution is -0.136. The maximum Gasteiger partial charge on any atom is 0.334 e. The zero-order valence-corrected chi connectivity index (χ0v) is 23.1. The molecule has 206 valence electrons. The van der Waals surface area contributed by atoms with Gasteiger partial charge in [0.2, 0.25) is 0 Å². The van der Waals surface area contributed by atoms with E-state index in [9.17, 15) is 9.90 Å². The van der Waals surface area contributed by atoms with Gasteiger partial charge in [0.05, 0.1) is 37.6 Å². The van der Waals surface area contributed by atoms with Crippen LogP contribution in [0.4, 0.5) is 5.82 Å². The first-order valence-corrected chi connectivity index (χ1v) is 13.3. The fourth-order valence-electron chi connectivity index (χ4n) is 4.71. The van der Waals surface area contributed by atoms with Crippen molar-refractivity contribution in [3.8, 4) is 11.3 Å². The van der Waals surface area contributed by atoms with Crippen molar-refractivity contribution in [3.05, 3.63) is 84.2 Å². The molecule has 9 heteroatoms. The molecule has 9 nitrogen and oxygen atoms in total. The number of amidine groups is 1. The summed E-state index contributed by atoms with van der Waals surface area (Å²) in [5.41, 5.74) is 4.33. The first kappa shape index (κ1) is 28.1. The number of nitrogens with zero attached hydrogens (tertiary/aromatic N) is 4. The number of hydrogen-bond donors (Lipinski definition) is 3. The summed E-state index contributed by atoms with van der Waals surface area (Å²) < 4.78 is 7.01. The van der Waals surface area contributed by atoms with E-state index in [0.717, 1.165) is 40.5 Å². The summed E-state index contributed by atoms with van der Waals surface area (Å²) in [4.78, 5) is 23.5. The number of benzene rings is 1. The maximum atomic E-state index is 12.0.